The lowest BCUT2D eigenvalue weighted by molar-refractivity contribution is 0.152. The van der Waals surface area contributed by atoms with Crippen LogP contribution in [0.15, 0.2) is 0 Å². The molecule has 0 radical (unpaired) electrons. The molecule has 11 heavy (non-hydrogen) atoms. The zero-order valence-corrected chi connectivity index (χ0v) is 7.51. The monoisotopic (exact) mass is 154 g/mol. The third-order valence-electron chi connectivity index (χ3n) is 3.51. The molecular weight excluding hydrogens is 136 g/mol. The van der Waals surface area contributed by atoms with Crippen LogP contribution >= 0.6 is 0 Å². The smallest absolute Gasteiger partial charge is 0.0110 e. The van der Waals surface area contributed by atoms with Crippen molar-refractivity contribution in [1.29, 1.82) is 0 Å². The van der Waals surface area contributed by atoms with Crippen molar-refractivity contribution in [3.8, 4) is 0 Å². The molecule has 2 rings (SSSR count). The van der Waals surface area contributed by atoms with Gasteiger partial charge in [0.15, 0.2) is 0 Å². The third kappa shape index (κ3) is 1.18. The Morgan fingerprint density at radius 2 is 1.73 bits per heavy atom. The van der Waals surface area contributed by atoms with Gasteiger partial charge in [0.05, 0.1) is 0 Å². The van der Waals surface area contributed by atoms with Crippen LogP contribution in [-0.2, 0) is 0 Å². The fourth-order valence-electron chi connectivity index (χ4n) is 2.65. The standard InChI is InChI=1S/C9H18N2/c1-10-7-5-8-3-4-9(6-7)11(8)2/h7-10H,3-6H2,1-2H3/t7?,8-,9?/m1/s1. The number of nitrogens with one attached hydrogen (secondary N) is 1. The van der Waals surface area contributed by atoms with Crippen LogP contribution in [0, 0.1) is 0 Å². The molecule has 2 unspecified atom stereocenters. The lowest BCUT2D eigenvalue weighted by Crippen LogP contribution is -2.46. The first-order chi connectivity index (χ1) is 5.31. The van der Waals surface area contributed by atoms with Gasteiger partial charge in [0.25, 0.3) is 0 Å². The van der Waals surface area contributed by atoms with Gasteiger partial charge in [-0.15, -0.1) is 0 Å². The van der Waals surface area contributed by atoms with Crippen LogP contribution in [0.3, 0.4) is 0 Å². The number of hydrogen-bond acceptors (Lipinski definition) is 2. The zero-order valence-electron chi connectivity index (χ0n) is 7.51. The van der Waals surface area contributed by atoms with Gasteiger partial charge < -0.3 is 10.2 Å². The zero-order chi connectivity index (χ0) is 7.84. The van der Waals surface area contributed by atoms with Crippen molar-refractivity contribution < 1.29 is 0 Å². The second-order valence-electron chi connectivity index (χ2n) is 4.01. The van der Waals surface area contributed by atoms with Gasteiger partial charge in [0.2, 0.25) is 0 Å². The van der Waals surface area contributed by atoms with Gasteiger partial charge >= 0.3 is 0 Å². The highest BCUT2D eigenvalue weighted by Gasteiger charge is 2.37. The Morgan fingerprint density at radius 3 is 2.18 bits per heavy atom. The van der Waals surface area contributed by atoms with Gasteiger partial charge in [-0.3, -0.25) is 0 Å². The molecule has 0 aromatic carbocycles. The highest BCUT2D eigenvalue weighted by atomic mass is 15.2. The Balaban J connectivity index is 2.02. The second-order valence-corrected chi connectivity index (χ2v) is 4.01. The third-order valence-corrected chi connectivity index (χ3v) is 3.51. The summed E-state index contributed by atoms with van der Waals surface area (Å²) in [5.74, 6) is 0. The SMILES string of the molecule is CNC1CC2CC[C@H](C1)N2C. The fourth-order valence-corrected chi connectivity index (χ4v) is 2.65. The number of rotatable bonds is 1. The Bertz CT molecular complexity index is 132. The summed E-state index contributed by atoms with van der Waals surface area (Å²) in [7, 11) is 4.38. The molecule has 2 saturated heterocycles. The molecule has 0 aromatic rings. The van der Waals surface area contributed by atoms with Gasteiger partial charge in [-0.2, -0.15) is 0 Å². The van der Waals surface area contributed by atoms with E-state index < -0.39 is 0 Å². The predicted molar refractivity (Wildman–Crippen MR) is 46.7 cm³/mol. The molecule has 0 aromatic heterocycles. The first-order valence-electron chi connectivity index (χ1n) is 4.70. The summed E-state index contributed by atoms with van der Waals surface area (Å²) in [6.07, 6.45) is 5.59. The maximum absolute atomic E-state index is 3.40. The molecule has 2 nitrogen and oxygen atoms in total. The minimum Gasteiger partial charge on any atom is -0.317 e. The van der Waals surface area contributed by atoms with Crippen molar-refractivity contribution in [2.45, 2.75) is 43.8 Å². The molecule has 2 heterocycles. The molecule has 2 aliphatic heterocycles. The average molecular weight is 154 g/mol. The summed E-state index contributed by atoms with van der Waals surface area (Å²) in [6.45, 7) is 0. The van der Waals surface area contributed by atoms with Crippen molar-refractivity contribution in [3.05, 3.63) is 0 Å². The normalized spacial score (nSPS) is 44.7. The van der Waals surface area contributed by atoms with Crippen LogP contribution in [0.1, 0.15) is 25.7 Å². The summed E-state index contributed by atoms with van der Waals surface area (Å²) in [5.41, 5.74) is 0. The molecule has 0 spiro atoms. The molecule has 1 N–H and O–H groups in total. The van der Waals surface area contributed by atoms with Gasteiger partial charge in [0, 0.05) is 18.1 Å². The highest BCUT2D eigenvalue weighted by Crippen LogP contribution is 2.33. The molecule has 64 valence electrons. The van der Waals surface area contributed by atoms with Gasteiger partial charge in [-0.05, 0) is 39.8 Å². The molecule has 0 amide bonds. The topological polar surface area (TPSA) is 15.3 Å². The summed E-state index contributed by atoms with van der Waals surface area (Å²) in [6, 6.07) is 2.56. The number of hydrogen-bond donors (Lipinski definition) is 1. The van der Waals surface area contributed by atoms with E-state index in [1.807, 2.05) is 0 Å². The summed E-state index contributed by atoms with van der Waals surface area (Å²) >= 11 is 0. The van der Waals surface area contributed by atoms with E-state index in [1.54, 1.807) is 0 Å². The lowest BCUT2D eigenvalue weighted by Gasteiger charge is -2.36. The average Bonchev–Trinajstić information content (AvgIpc) is 2.26. The van der Waals surface area contributed by atoms with Crippen LogP contribution in [0.2, 0.25) is 0 Å². The van der Waals surface area contributed by atoms with E-state index in [-0.39, 0.29) is 0 Å². The van der Waals surface area contributed by atoms with E-state index in [2.05, 4.69) is 24.3 Å². The first kappa shape index (κ1) is 7.56. The van der Waals surface area contributed by atoms with E-state index in [9.17, 15) is 0 Å². The van der Waals surface area contributed by atoms with Crippen LogP contribution in [-0.4, -0.2) is 37.1 Å². The van der Waals surface area contributed by atoms with Crippen LogP contribution < -0.4 is 5.32 Å². The molecule has 2 heteroatoms. The van der Waals surface area contributed by atoms with Gasteiger partial charge in [-0.25, -0.2) is 0 Å². The van der Waals surface area contributed by atoms with Crippen LogP contribution in [0.5, 0.6) is 0 Å². The summed E-state index contributed by atoms with van der Waals surface area (Å²) < 4.78 is 0. The number of fused-ring (bicyclic) bond motifs is 2. The van der Waals surface area contributed by atoms with Crippen molar-refractivity contribution in [2.24, 2.45) is 0 Å². The minimum atomic E-state index is 0.795. The summed E-state index contributed by atoms with van der Waals surface area (Å²) in [4.78, 5) is 2.58. The number of piperidine rings is 1. The molecular formula is C9H18N2. The summed E-state index contributed by atoms with van der Waals surface area (Å²) in [5, 5.41) is 3.40. The van der Waals surface area contributed by atoms with Crippen molar-refractivity contribution in [3.63, 3.8) is 0 Å². The molecule has 0 saturated carbocycles. The van der Waals surface area contributed by atoms with E-state index in [0.29, 0.717) is 0 Å². The molecule has 2 bridgehead atoms. The van der Waals surface area contributed by atoms with Gasteiger partial charge in [0.1, 0.15) is 0 Å². The fraction of sp³-hybridized carbons (Fsp3) is 1.00. The molecule has 2 aliphatic rings. The Kier molecular flexibility index (Phi) is 1.90. The lowest BCUT2D eigenvalue weighted by atomic mass is 9.98. The van der Waals surface area contributed by atoms with Crippen molar-refractivity contribution >= 4 is 0 Å². The van der Waals surface area contributed by atoms with Crippen LogP contribution in [0.4, 0.5) is 0 Å². The maximum Gasteiger partial charge on any atom is 0.0110 e. The second kappa shape index (κ2) is 2.76. The quantitative estimate of drug-likeness (QED) is 0.602. The molecule has 3 atom stereocenters. The van der Waals surface area contributed by atoms with Crippen molar-refractivity contribution in [2.75, 3.05) is 14.1 Å². The van der Waals surface area contributed by atoms with E-state index in [0.717, 1.165) is 18.1 Å². The largest absolute Gasteiger partial charge is 0.317 e. The maximum atomic E-state index is 3.40. The van der Waals surface area contributed by atoms with Crippen LogP contribution in [0.25, 0.3) is 0 Å². The van der Waals surface area contributed by atoms with Crippen molar-refractivity contribution in [1.82, 2.24) is 10.2 Å². The van der Waals surface area contributed by atoms with E-state index in [1.165, 1.54) is 25.7 Å². The van der Waals surface area contributed by atoms with E-state index in [4.69, 9.17) is 0 Å². The van der Waals surface area contributed by atoms with Gasteiger partial charge in [-0.1, -0.05) is 0 Å². The molecule has 2 fully saturated rings. The Hall–Kier alpha value is -0.0800. The predicted octanol–water partition coefficient (Wildman–Crippen LogP) is 0.831. The highest BCUT2D eigenvalue weighted by molar-refractivity contribution is 4.95. The van der Waals surface area contributed by atoms with E-state index >= 15 is 0 Å². The molecule has 0 aliphatic carbocycles. The minimum absolute atomic E-state index is 0.795. The number of nitrogens with zero attached hydrogens (tertiary/aromatic N) is 1. The Labute approximate surface area is 69.0 Å². The first-order valence-corrected chi connectivity index (χ1v) is 4.70. The Morgan fingerprint density at radius 1 is 1.18 bits per heavy atom.